The molecule has 5 aromatic rings. The van der Waals surface area contributed by atoms with E-state index in [1.165, 1.54) is 96.7 Å². The molecule has 0 spiro atoms. The Bertz CT molecular complexity index is 2040. The number of halogens is 9. The average molecular weight is 775 g/mol. The fourth-order valence-corrected chi connectivity index (χ4v) is 10.7. The molecule has 0 fully saturated rings. The van der Waals surface area contributed by atoms with Crippen LogP contribution in [0, 0.1) is 0 Å². The summed E-state index contributed by atoms with van der Waals surface area (Å²) in [6.45, 7) is 0. The van der Waals surface area contributed by atoms with Crippen LogP contribution in [0.25, 0.3) is 0 Å². The van der Waals surface area contributed by atoms with Crippen molar-refractivity contribution in [1.82, 2.24) is 0 Å². The molecule has 4 nitrogen and oxygen atoms in total. The van der Waals surface area contributed by atoms with Crippen LogP contribution in [-0.4, -0.2) is 37.5 Å². The van der Waals surface area contributed by atoms with Crippen LogP contribution in [0.4, 0.5) is 39.5 Å². The van der Waals surface area contributed by atoms with Crippen molar-refractivity contribution in [2.24, 2.45) is 0 Å². The number of rotatable bonds is 12. The van der Waals surface area contributed by atoms with Crippen molar-refractivity contribution in [1.29, 1.82) is 0 Å². The summed E-state index contributed by atoms with van der Waals surface area (Å²) in [6.07, 6.45) is -7.25. The van der Waals surface area contributed by atoms with Gasteiger partial charge in [0.2, 0.25) is 0 Å². The van der Waals surface area contributed by atoms with Crippen molar-refractivity contribution in [3.63, 3.8) is 0 Å². The van der Waals surface area contributed by atoms with Crippen LogP contribution in [0.2, 0.25) is 0 Å². The predicted molar refractivity (Wildman–Crippen MR) is 173 cm³/mol. The van der Waals surface area contributed by atoms with Gasteiger partial charge in [-0.2, -0.15) is 47.9 Å². The quantitative estimate of drug-likeness (QED) is 0.0933. The molecule has 0 saturated carbocycles. The number of carbonyl (C=O) groups is 1. The summed E-state index contributed by atoms with van der Waals surface area (Å²) in [6, 6.07) is 33.4. The summed E-state index contributed by atoms with van der Waals surface area (Å²) < 4.78 is 157. The van der Waals surface area contributed by atoms with Crippen molar-refractivity contribution in [3.05, 3.63) is 151 Å². The number of benzene rings is 5. The first-order valence-corrected chi connectivity index (χ1v) is 18.2. The maximum Gasteiger partial charge on any atom is 0.460 e. The number of carbonyl (C=O) groups excluding carboxylic acids is 1. The largest absolute Gasteiger partial charge is 0.460 e. The number of hydrogen-bond acceptors (Lipinski definition) is 5. The van der Waals surface area contributed by atoms with Gasteiger partial charge in [0.1, 0.15) is 0 Å². The molecule has 0 aliphatic rings. The summed E-state index contributed by atoms with van der Waals surface area (Å²) >= 11 is 1.17. The van der Waals surface area contributed by atoms with Crippen LogP contribution in [0.3, 0.4) is 0 Å². The Labute approximate surface area is 291 Å². The molecule has 268 valence electrons. The molecular weight excluding hydrogens is 752 g/mol. The van der Waals surface area contributed by atoms with Crippen molar-refractivity contribution in [3.8, 4) is 0 Å². The second-order valence-electron chi connectivity index (χ2n) is 10.7. The summed E-state index contributed by atoms with van der Waals surface area (Å²) in [7, 11) is -11.4. The Morgan fingerprint density at radius 2 is 0.863 bits per heavy atom. The summed E-state index contributed by atoms with van der Waals surface area (Å²) in [5.41, 5.74) is 0.893. The third-order valence-electron chi connectivity index (χ3n) is 7.32. The highest BCUT2D eigenvalue weighted by Gasteiger charge is 2.86. The second kappa shape index (κ2) is 14.1. The van der Waals surface area contributed by atoms with Gasteiger partial charge in [0.05, 0.1) is 0 Å². The topological polar surface area (TPSA) is 60.4 Å². The molecular formula is C35H23F9O4S3. The molecule has 0 unspecified atom stereocenters. The zero-order chi connectivity index (χ0) is 37.3. The molecule has 5 aromatic carbocycles. The van der Waals surface area contributed by atoms with E-state index in [2.05, 4.69) is 0 Å². The molecule has 0 radical (unpaired) electrons. The van der Waals surface area contributed by atoms with E-state index in [1.807, 2.05) is 0 Å². The molecule has 0 N–H and O–H groups in total. The van der Waals surface area contributed by atoms with E-state index in [0.29, 0.717) is 20.9 Å². The van der Waals surface area contributed by atoms with E-state index in [4.69, 9.17) is 3.63 Å². The molecule has 16 heteroatoms. The van der Waals surface area contributed by atoms with Crippen LogP contribution < -0.4 is 0 Å². The van der Waals surface area contributed by atoms with Crippen LogP contribution >= 0.6 is 22.1 Å². The molecule has 0 atom stereocenters. The zero-order valence-electron chi connectivity index (χ0n) is 25.5. The van der Waals surface area contributed by atoms with Gasteiger partial charge in [-0.05, 0) is 83.1 Å². The molecule has 0 bridgehead atoms. The van der Waals surface area contributed by atoms with E-state index in [1.54, 1.807) is 54.6 Å². The van der Waals surface area contributed by atoms with Crippen LogP contribution in [0.15, 0.2) is 164 Å². The van der Waals surface area contributed by atoms with Crippen molar-refractivity contribution in [2.45, 2.75) is 47.8 Å². The van der Waals surface area contributed by atoms with Gasteiger partial charge in [0.25, 0.3) is 0 Å². The Hall–Kier alpha value is -4.25. The first-order valence-electron chi connectivity index (χ1n) is 14.4. The van der Waals surface area contributed by atoms with E-state index in [-0.39, 0.29) is 20.5 Å². The predicted octanol–water partition coefficient (Wildman–Crippen LogP) is 11.0. The monoisotopic (exact) mass is 774 g/mol. The smallest absolute Gasteiger partial charge is 0.289 e. The summed E-state index contributed by atoms with van der Waals surface area (Å²) in [5.74, 6) is -15.2. The molecule has 0 saturated heterocycles. The highest BCUT2D eigenvalue weighted by atomic mass is 32.3. The fourth-order valence-electron chi connectivity index (χ4n) is 4.71. The van der Waals surface area contributed by atoms with Crippen molar-refractivity contribution in [2.75, 3.05) is 0 Å². The minimum Gasteiger partial charge on any atom is -0.289 e. The van der Waals surface area contributed by atoms with Crippen LogP contribution in [-0.2, 0) is 13.7 Å². The van der Waals surface area contributed by atoms with E-state index in [0.717, 1.165) is 0 Å². The Morgan fingerprint density at radius 1 is 0.490 bits per heavy atom. The number of hydrogen-bond donors (Lipinski definition) is 0. The lowest BCUT2D eigenvalue weighted by Gasteiger charge is -2.41. The SMILES string of the molecule is O=C(c1ccccc1)c1ccc(Sc2ccc(S(OS(=O)(=O)C(F)(F)C(F)(F)C(F)(F)C(F)(F)F)(c3ccccc3)c3ccccc3)cc2)cc1. The fraction of sp³-hybridized carbons (Fsp3) is 0.114. The summed E-state index contributed by atoms with van der Waals surface area (Å²) in [5, 5.41) is -7.08. The maximum absolute atomic E-state index is 15.1. The molecule has 0 amide bonds. The third kappa shape index (κ3) is 7.01. The highest BCUT2D eigenvalue weighted by molar-refractivity contribution is 8.33. The Balaban J connectivity index is 1.57. The van der Waals surface area contributed by atoms with Crippen molar-refractivity contribution < 1.29 is 56.4 Å². The first-order chi connectivity index (χ1) is 23.8. The Morgan fingerprint density at radius 3 is 1.29 bits per heavy atom. The average Bonchev–Trinajstić information content (AvgIpc) is 3.11. The van der Waals surface area contributed by atoms with Crippen LogP contribution in [0.5, 0.6) is 0 Å². The molecule has 51 heavy (non-hydrogen) atoms. The van der Waals surface area contributed by atoms with Gasteiger partial charge in [-0.25, -0.2) is 3.63 Å². The van der Waals surface area contributed by atoms with E-state index in [9.17, 15) is 43.9 Å². The molecule has 0 aromatic heterocycles. The second-order valence-corrected chi connectivity index (χ2v) is 16.3. The zero-order valence-corrected chi connectivity index (χ0v) is 28.0. The normalized spacial score (nSPS) is 13.5. The molecule has 0 heterocycles. The molecule has 0 aliphatic heterocycles. The van der Waals surface area contributed by atoms with E-state index >= 15 is 8.78 Å². The molecule has 0 aliphatic carbocycles. The minimum absolute atomic E-state index is 0.194. The number of alkyl halides is 9. The summed E-state index contributed by atoms with van der Waals surface area (Å²) in [4.78, 5) is 13.3. The lowest BCUT2D eigenvalue weighted by Crippen LogP contribution is -2.63. The van der Waals surface area contributed by atoms with Gasteiger partial charge in [-0.3, -0.25) is 4.79 Å². The Kier molecular flexibility index (Phi) is 10.5. The van der Waals surface area contributed by atoms with Gasteiger partial charge in [-0.15, -0.1) is 0 Å². The van der Waals surface area contributed by atoms with Gasteiger partial charge in [0.15, 0.2) is 5.78 Å². The molecule has 5 rings (SSSR count). The van der Waals surface area contributed by atoms with Gasteiger partial charge < -0.3 is 0 Å². The standard InChI is InChI=1S/C35H23F9O4S3/c36-32(37,34(40,41)42)33(38,39)35(43,44)51(46,47)48-50(28-12-6-2-7-13-28,29-14-8-3-9-15-29)30-22-20-27(21-23-30)49-26-18-16-25(17-19-26)31(45)24-10-4-1-5-11-24/h1-23H. The number of ketones is 1. The lowest BCUT2D eigenvalue weighted by atomic mass is 10.0. The minimum atomic E-state index is -7.49. The third-order valence-corrected chi connectivity index (χ3v) is 13.6. The van der Waals surface area contributed by atoms with Gasteiger partial charge >= 0.3 is 33.4 Å². The van der Waals surface area contributed by atoms with Crippen LogP contribution in [0.1, 0.15) is 15.9 Å². The lowest BCUT2D eigenvalue weighted by molar-refractivity contribution is -0.382. The van der Waals surface area contributed by atoms with E-state index < -0.39 is 43.7 Å². The van der Waals surface area contributed by atoms with Crippen molar-refractivity contribution >= 4 is 38.0 Å². The first kappa shape index (κ1) is 38.0. The maximum atomic E-state index is 15.1. The van der Waals surface area contributed by atoms with Gasteiger partial charge in [0, 0.05) is 35.6 Å². The van der Waals surface area contributed by atoms with Gasteiger partial charge in [-0.1, -0.05) is 78.5 Å². The highest BCUT2D eigenvalue weighted by Crippen LogP contribution is 2.71.